The SMILES string of the molecule is CSc1ncccc1CNc1ncc(C#N)c(NCC23CC4C[C@H](C2)C(NCC2CCC(CO)CC2)[C@@H](C4)C3)n1. The summed E-state index contributed by atoms with van der Waals surface area (Å²) in [4.78, 5) is 13.6. The second-order valence-electron chi connectivity index (χ2n) is 12.9. The normalized spacial score (nSPS) is 32.5. The van der Waals surface area contributed by atoms with Gasteiger partial charge in [0.05, 0.1) is 6.20 Å². The minimum absolute atomic E-state index is 0.294. The van der Waals surface area contributed by atoms with Crippen LogP contribution in [-0.2, 0) is 6.54 Å². The van der Waals surface area contributed by atoms with Crippen LogP contribution in [0, 0.1) is 46.3 Å². The highest BCUT2D eigenvalue weighted by molar-refractivity contribution is 7.98. The molecule has 0 aromatic carbocycles. The van der Waals surface area contributed by atoms with Crippen molar-refractivity contribution in [2.75, 3.05) is 36.6 Å². The fourth-order valence-electron chi connectivity index (χ4n) is 8.53. The van der Waals surface area contributed by atoms with Gasteiger partial charge in [0.25, 0.3) is 0 Å². The molecule has 0 spiro atoms. The summed E-state index contributed by atoms with van der Waals surface area (Å²) in [6.07, 6.45) is 16.9. The van der Waals surface area contributed by atoms with Gasteiger partial charge in [0.15, 0.2) is 0 Å². The van der Waals surface area contributed by atoms with E-state index in [9.17, 15) is 10.4 Å². The van der Waals surface area contributed by atoms with E-state index in [-0.39, 0.29) is 0 Å². The highest BCUT2D eigenvalue weighted by atomic mass is 32.2. The van der Waals surface area contributed by atoms with Crippen molar-refractivity contribution in [2.45, 2.75) is 75.4 Å². The molecule has 5 fully saturated rings. The topological polar surface area (TPSA) is 119 Å². The molecule has 5 aliphatic carbocycles. The maximum atomic E-state index is 9.75. The van der Waals surface area contributed by atoms with Gasteiger partial charge in [-0.1, -0.05) is 6.07 Å². The predicted octanol–water partition coefficient (Wildman–Crippen LogP) is 5.07. The predicted molar refractivity (Wildman–Crippen MR) is 159 cm³/mol. The number of pyridine rings is 1. The van der Waals surface area contributed by atoms with Crippen LogP contribution in [0.1, 0.15) is 68.9 Å². The summed E-state index contributed by atoms with van der Waals surface area (Å²) in [6, 6.07) is 6.94. The lowest BCUT2D eigenvalue weighted by Gasteiger charge is -2.60. The van der Waals surface area contributed by atoms with Crippen LogP contribution in [0.2, 0.25) is 0 Å². The van der Waals surface area contributed by atoms with Gasteiger partial charge in [0.1, 0.15) is 22.5 Å². The van der Waals surface area contributed by atoms with Crippen LogP contribution in [-0.4, -0.2) is 52.1 Å². The largest absolute Gasteiger partial charge is 0.396 e. The van der Waals surface area contributed by atoms with E-state index in [1.54, 1.807) is 18.0 Å². The molecule has 5 atom stereocenters. The number of hydrogen-bond donors (Lipinski definition) is 4. The number of hydrogen-bond acceptors (Lipinski definition) is 9. The lowest BCUT2D eigenvalue weighted by atomic mass is 9.48. The van der Waals surface area contributed by atoms with E-state index in [2.05, 4.69) is 38.1 Å². The van der Waals surface area contributed by atoms with E-state index in [0.29, 0.717) is 47.9 Å². The molecule has 3 unspecified atom stereocenters. The van der Waals surface area contributed by atoms with Crippen molar-refractivity contribution in [3.05, 3.63) is 35.7 Å². The fourth-order valence-corrected chi connectivity index (χ4v) is 9.10. The Labute approximate surface area is 242 Å². The van der Waals surface area contributed by atoms with E-state index in [4.69, 9.17) is 4.98 Å². The number of aliphatic hydroxyl groups excluding tert-OH is 1. The Morgan fingerprint density at radius 3 is 2.58 bits per heavy atom. The standard InChI is InChI=1S/C31H43N7OS/c1-40-29-23(3-2-8-33-29)16-35-30-36-17-26(14-32)28(38-30)37-19-31-11-22-9-24(12-31)27(25(10-22)13-31)34-15-20-4-6-21(18-39)7-5-20/h2-3,8,17,20-22,24-25,27,34,39H,4-7,9-13,15-16,18-19H2,1H3,(H2,35,36,37,38)/t20?,21?,22?,24-,25+,27?,31?. The van der Waals surface area contributed by atoms with Crippen molar-refractivity contribution >= 4 is 23.5 Å². The average Bonchev–Trinajstić information content (AvgIpc) is 2.99. The van der Waals surface area contributed by atoms with E-state index < -0.39 is 0 Å². The van der Waals surface area contributed by atoms with Gasteiger partial charge in [-0.15, -0.1) is 11.8 Å². The first-order chi connectivity index (χ1) is 19.6. The molecule has 0 radical (unpaired) electrons. The summed E-state index contributed by atoms with van der Waals surface area (Å²) in [6.45, 7) is 2.96. The van der Waals surface area contributed by atoms with Crippen LogP contribution in [0.4, 0.5) is 11.8 Å². The van der Waals surface area contributed by atoms with Crippen molar-refractivity contribution in [2.24, 2.45) is 35.0 Å². The van der Waals surface area contributed by atoms with Crippen molar-refractivity contribution in [1.29, 1.82) is 5.26 Å². The zero-order chi connectivity index (χ0) is 27.5. The number of anilines is 2. The number of thioether (sulfide) groups is 1. The monoisotopic (exact) mass is 561 g/mol. The van der Waals surface area contributed by atoms with Gasteiger partial charge >= 0.3 is 0 Å². The molecule has 7 rings (SSSR count). The van der Waals surface area contributed by atoms with E-state index in [0.717, 1.165) is 47.4 Å². The molecule has 40 heavy (non-hydrogen) atoms. The quantitative estimate of drug-likeness (QED) is 0.279. The van der Waals surface area contributed by atoms with Crippen LogP contribution >= 0.6 is 11.8 Å². The molecule has 4 bridgehead atoms. The highest BCUT2D eigenvalue weighted by Crippen LogP contribution is 2.60. The molecule has 2 aromatic rings. The van der Waals surface area contributed by atoms with Gasteiger partial charge < -0.3 is 21.1 Å². The first kappa shape index (κ1) is 27.7. The lowest BCUT2D eigenvalue weighted by Crippen LogP contribution is -2.60. The summed E-state index contributed by atoms with van der Waals surface area (Å²) in [5.41, 5.74) is 1.89. The maximum absolute atomic E-state index is 9.75. The maximum Gasteiger partial charge on any atom is 0.224 e. The second kappa shape index (κ2) is 12.2. The first-order valence-corrected chi connectivity index (χ1v) is 16.4. The van der Waals surface area contributed by atoms with E-state index in [1.165, 1.54) is 57.8 Å². The third kappa shape index (κ3) is 5.95. The van der Waals surface area contributed by atoms with Gasteiger partial charge in [-0.25, -0.2) is 9.97 Å². The number of nitrogens with one attached hydrogen (secondary N) is 3. The van der Waals surface area contributed by atoms with E-state index in [1.807, 2.05) is 18.5 Å². The second-order valence-corrected chi connectivity index (χ2v) is 13.7. The highest BCUT2D eigenvalue weighted by Gasteiger charge is 2.55. The molecule has 4 N–H and O–H groups in total. The number of aliphatic hydroxyl groups is 1. The Balaban J connectivity index is 1.07. The van der Waals surface area contributed by atoms with Crippen LogP contribution in [0.3, 0.4) is 0 Å². The number of nitriles is 1. The van der Waals surface area contributed by atoms with Gasteiger partial charge in [-0.05, 0) is 112 Å². The summed E-state index contributed by atoms with van der Waals surface area (Å²) in [7, 11) is 0. The Morgan fingerprint density at radius 2 is 1.85 bits per heavy atom. The summed E-state index contributed by atoms with van der Waals surface area (Å²) in [5, 5.41) is 31.2. The number of rotatable bonds is 11. The van der Waals surface area contributed by atoms with E-state index >= 15 is 0 Å². The fraction of sp³-hybridized carbons (Fsp3) is 0.677. The van der Waals surface area contributed by atoms with Crippen LogP contribution in [0.25, 0.3) is 0 Å². The molecule has 2 heterocycles. The molecule has 214 valence electrons. The van der Waals surface area contributed by atoms with Gasteiger partial charge in [-0.3, -0.25) is 0 Å². The molecule has 2 aromatic heterocycles. The molecule has 5 aliphatic rings. The summed E-state index contributed by atoms with van der Waals surface area (Å²) < 4.78 is 0. The zero-order valence-electron chi connectivity index (χ0n) is 23.6. The Kier molecular flexibility index (Phi) is 8.47. The van der Waals surface area contributed by atoms with Crippen LogP contribution in [0.5, 0.6) is 0 Å². The molecular weight excluding hydrogens is 518 g/mol. The minimum atomic E-state index is 0.294. The summed E-state index contributed by atoms with van der Waals surface area (Å²) in [5.74, 6) is 4.81. The van der Waals surface area contributed by atoms with Crippen LogP contribution in [0.15, 0.2) is 29.6 Å². The third-order valence-corrected chi connectivity index (χ3v) is 11.0. The molecular formula is C31H43N7OS. The van der Waals surface area contributed by atoms with Crippen molar-refractivity contribution in [1.82, 2.24) is 20.3 Å². The van der Waals surface area contributed by atoms with Crippen molar-refractivity contribution in [3.8, 4) is 6.07 Å². The van der Waals surface area contributed by atoms with Gasteiger partial charge in [0.2, 0.25) is 5.95 Å². The Hall–Kier alpha value is -2.41. The lowest BCUT2D eigenvalue weighted by molar-refractivity contribution is -0.0703. The molecule has 5 saturated carbocycles. The third-order valence-electron chi connectivity index (χ3n) is 10.3. The van der Waals surface area contributed by atoms with Crippen molar-refractivity contribution in [3.63, 3.8) is 0 Å². The molecule has 0 saturated heterocycles. The zero-order valence-corrected chi connectivity index (χ0v) is 24.4. The average molecular weight is 562 g/mol. The molecule has 8 nitrogen and oxygen atoms in total. The van der Waals surface area contributed by atoms with Crippen LogP contribution < -0.4 is 16.0 Å². The minimum Gasteiger partial charge on any atom is -0.396 e. The Morgan fingerprint density at radius 1 is 1.07 bits per heavy atom. The number of nitrogens with zero attached hydrogens (tertiary/aromatic N) is 4. The molecule has 9 heteroatoms. The smallest absolute Gasteiger partial charge is 0.224 e. The Bertz CT molecular complexity index is 1190. The molecule has 0 amide bonds. The van der Waals surface area contributed by atoms with Crippen molar-refractivity contribution < 1.29 is 5.11 Å². The number of aromatic nitrogens is 3. The summed E-state index contributed by atoms with van der Waals surface area (Å²) >= 11 is 1.63. The molecule has 0 aliphatic heterocycles. The van der Waals surface area contributed by atoms with Gasteiger partial charge in [-0.2, -0.15) is 10.2 Å². The first-order valence-electron chi connectivity index (χ1n) is 15.1. The van der Waals surface area contributed by atoms with Gasteiger partial charge in [0, 0.05) is 37.5 Å².